The molecule has 4 aliphatic rings. The van der Waals surface area contributed by atoms with E-state index < -0.39 is 47.3 Å². The van der Waals surface area contributed by atoms with E-state index in [0.717, 1.165) is 12.8 Å². The molecule has 4 amide bonds. The number of benzene rings is 1. The number of carbonyl (C=O) groups excluding carboxylic acids is 5. The first-order chi connectivity index (χ1) is 18.1. The first-order valence-corrected chi connectivity index (χ1v) is 13.2. The van der Waals surface area contributed by atoms with Gasteiger partial charge in [-0.3, -0.25) is 24.0 Å². The van der Waals surface area contributed by atoms with Crippen LogP contribution in [0.25, 0.3) is 0 Å². The normalized spacial score (nSPS) is 27.7. The Morgan fingerprint density at radius 2 is 1.87 bits per heavy atom. The molecule has 5 rings (SSSR count). The minimum atomic E-state index is -1.18. The first-order valence-electron chi connectivity index (χ1n) is 13.2. The Kier molecular flexibility index (Phi) is 6.87. The van der Waals surface area contributed by atoms with Crippen LogP contribution in [0, 0.1) is 29.0 Å². The summed E-state index contributed by atoms with van der Waals surface area (Å²) >= 11 is 0. The van der Waals surface area contributed by atoms with Crippen LogP contribution in [0.1, 0.15) is 39.5 Å². The van der Waals surface area contributed by atoms with E-state index in [1.165, 1.54) is 29.2 Å². The van der Waals surface area contributed by atoms with E-state index in [1.807, 2.05) is 13.8 Å². The molecule has 38 heavy (non-hydrogen) atoms. The van der Waals surface area contributed by atoms with Gasteiger partial charge in [-0.05, 0) is 67.2 Å². The lowest BCUT2D eigenvalue weighted by Crippen LogP contribution is -2.56. The number of nitrogens with zero attached hydrogens (tertiary/aromatic N) is 1. The number of hydrogen-bond donors (Lipinski definition) is 3. The van der Waals surface area contributed by atoms with Gasteiger partial charge in [0.25, 0.3) is 11.8 Å². The third-order valence-electron chi connectivity index (χ3n) is 8.43. The van der Waals surface area contributed by atoms with Crippen molar-refractivity contribution in [1.82, 2.24) is 20.9 Å². The monoisotopic (exact) mass is 528 g/mol. The van der Waals surface area contributed by atoms with E-state index in [0.29, 0.717) is 25.3 Å². The van der Waals surface area contributed by atoms with Crippen LogP contribution in [-0.2, 0) is 24.0 Å². The predicted octanol–water partition coefficient (Wildman–Crippen LogP) is 0.546. The third-order valence-corrected chi connectivity index (χ3v) is 8.43. The van der Waals surface area contributed by atoms with Gasteiger partial charge in [-0.25, -0.2) is 4.39 Å². The van der Waals surface area contributed by atoms with Crippen molar-refractivity contribution in [1.29, 1.82) is 0 Å². The quantitative estimate of drug-likeness (QED) is 0.380. The molecule has 2 aliphatic carbocycles. The minimum Gasteiger partial charge on any atom is -0.484 e. The molecule has 1 aromatic rings. The minimum absolute atomic E-state index is 0.0142. The Bertz CT molecular complexity index is 1150. The number of carbonyl (C=O) groups is 5. The van der Waals surface area contributed by atoms with E-state index in [4.69, 9.17) is 4.74 Å². The van der Waals surface area contributed by atoms with Crippen LogP contribution >= 0.6 is 0 Å². The molecule has 11 heteroatoms. The standard InChI is InChI=1S/C27H33FN4O6/c1-27(2)18-12-32(20(33)13-38-17-7-3-15(28)4-8-17)22(21(18)27)25(36)31-19(11-14-9-10-29-24(14)35)23(34)26(37)30-16-5-6-16/h3-4,7-8,14,16,18-19,21-22H,5-6,9-13H2,1-2H3,(H,29,35)(H,30,37)(H,31,36)/t14-,18-,19-,21-,22-/m0/s1. The number of ketones is 1. The summed E-state index contributed by atoms with van der Waals surface area (Å²) in [5, 5.41) is 8.12. The van der Waals surface area contributed by atoms with Gasteiger partial charge in [-0.2, -0.15) is 0 Å². The number of Topliss-reactive ketones (excluding diaryl/α,β-unsaturated/α-hetero) is 1. The maximum Gasteiger partial charge on any atom is 0.289 e. The van der Waals surface area contributed by atoms with E-state index in [9.17, 15) is 28.4 Å². The summed E-state index contributed by atoms with van der Waals surface area (Å²) < 4.78 is 18.7. The predicted molar refractivity (Wildman–Crippen MR) is 132 cm³/mol. The van der Waals surface area contributed by atoms with Crippen molar-refractivity contribution in [2.75, 3.05) is 19.7 Å². The van der Waals surface area contributed by atoms with Crippen molar-refractivity contribution in [3.8, 4) is 5.75 Å². The van der Waals surface area contributed by atoms with Crippen LogP contribution in [0.2, 0.25) is 0 Å². The van der Waals surface area contributed by atoms with E-state index in [1.54, 1.807) is 0 Å². The summed E-state index contributed by atoms with van der Waals surface area (Å²) in [7, 11) is 0. The van der Waals surface area contributed by atoms with Crippen LogP contribution in [0.3, 0.4) is 0 Å². The zero-order chi connectivity index (χ0) is 27.2. The molecule has 204 valence electrons. The second kappa shape index (κ2) is 9.99. The maximum atomic E-state index is 13.7. The van der Waals surface area contributed by atoms with Crippen LogP contribution in [0.5, 0.6) is 5.75 Å². The molecule has 2 saturated heterocycles. The summed E-state index contributed by atoms with van der Waals surface area (Å²) in [6, 6.07) is 3.24. The van der Waals surface area contributed by atoms with Crippen molar-refractivity contribution in [3.63, 3.8) is 0 Å². The van der Waals surface area contributed by atoms with Crippen molar-refractivity contribution >= 4 is 29.4 Å². The number of amides is 4. The summed E-state index contributed by atoms with van der Waals surface area (Å²) in [5.41, 5.74) is -0.162. The number of ether oxygens (including phenoxy) is 1. The Hall–Kier alpha value is -3.50. The Balaban J connectivity index is 1.29. The molecule has 10 nitrogen and oxygen atoms in total. The average Bonchev–Trinajstić information content (AvgIpc) is 3.64. The molecule has 0 aromatic heterocycles. The van der Waals surface area contributed by atoms with Crippen LogP contribution < -0.4 is 20.7 Å². The van der Waals surface area contributed by atoms with E-state index in [-0.39, 0.29) is 42.2 Å². The Morgan fingerprint density at radius 3 is 2.50 bits per heavy atom. The number of halogens is 1. The van der Waals surface area contributed by atoms with Gasteiger partial charge in [0.05, 0.1) is 6.04 Å². The second-order valence-electron chi connectivity index (χ2n) is 11.4. The van der Waals surface area contributed by atoms with Crippen LogP contribution in [0.15, 0.2) is 24.3 Å². The maximum absolute atomic E-state index is 13.7. The fraction of sp³-hybridized carbons (Fsp3) is 0.593. The molecule has 2 aliphatic heterocycles. The van der Waals surface area contributed by atoms with Gasteiger partial charge in [0.15, 0.2) is 6.61 Å². The first kappa shape index (κ1) is 26.1. The van der Waals surface area contributed by atoms with E-state index in [2.05, 4.69) is 16.0 Å². The van der Waals surface area contributed by atoms with Gasteiger partial charge in [0.1, 0.15) is 17.6 Å². The van der Waals surface area contributed by atoms with Crippen molar-refractivity contribution in [3.05, 3.63) is 30.1 Å². The number of nitrogens with one attached hydrogen (secondary N) is 3. The van der Waals surface area contributed by atoms with Gasteiger partial charge in [0, 0.05) is 25.0 Å². The summed E-state index contributed by atoms with van der Waals surface area (Å²) in [5.74, 6) is -3.27. The lowest BCUT2D eigenvalue weighted by atomic mass is 9.94. The molecule has 2 heterocycles. The molecule has 0 spiro atoms. The number of rotatable bonds is 10. The Labute approximate surface area is 220 Å². The fourth-order valence-corrected chi connectivity index (χ4v) is 5.89. The Morgan fingerprint density at radius 1 is 1.16 bits per heavy atom. The smallest absolute Gasteiger partial charge is 0.289 e. The van der Waals surface area contributed by atoms with E-state index >= 15 is 0 Å². The van der Waals surface area contributed by atoms with Gasteiger partial charge >= 0.3 is 0 Å². The lowest BCUT2D eigenvalue weighted by Gasteiger charge is -2.31. The molecule has 0 radical (unpaired) electrons. The number of likely N-dealkylation sites (tertiary alicyclic amines) is 1. The molecular formula is C27H33FN4O6. The fourth-order valence-electron chi connectivity index (χ4n) is 5.89. The topological polar surface area (TPSA) is 134 Å². The number of hydrogen-bond acceptors (Lipinski definition) is 6. The third kappa shape index (κ3) is 5.23. The molecule has 0 unspecified atom stereocenters. The summed E-state index contributed by atoms with van der Waals surface area (Å²) in [4.78, 5) is 66.1. The highest BCUT2D eigenvalue weighted by Crippen LogP contribution is 2.64. The van der Waals surface area contributed by atoms with Gasteiger partial charge in [0.2, 0.25) is 17.6 Å². The molecular weight excluding hydrogens is 495 g/mol. The number of piperidine rings is 1. The van der Waals surface area contributed by atoms with Gasteiger partial charge in [-0.15, -0.1) is 0 Å². The van der Waals surface area contributed by atoms with Crippen molar-refractivity contribution < 1.29 is 33.1 Å². The molecule has 3 N–H and O–H groups in total. The molecule has 2 saturated carbocycles. The van der Waals surface area contributed by atoms with Gasteiger partial charge in [-0.1, -0.05) is 13.8 Å². The summed E-state index contributed by atoms with van der Waals surface area (Å²) in [6.45, 7) is 4.59. The second-order valence-corrected chi connectivity index (χ2v) is 11.4. The average molecular weight is 529 g/mol. The molecule has 0 bridgehead atoms. The lowest BCUT2D eigenvalue weighted by molar-refractivity contribution is -0.144. The highest BCUT2D eigenvalue weighted by molar-refractivity contribution is 6.38. The van der Waals surface area contributed by atoms with Crippen molar-refractivity contribution in [2.45, 2.75) is 57.7 Å². The van der Waals surface area contributed by atoms with Crippen LogP contribution in [-0.4, -0.2) is 72.1 Å². The molecule has 1 aromatic carbocycles. The van der Waals surface area contributed by atoms with Crippen LogP contribution in [0.4, 0.5) is 4.39 Å². The molecule has 5 atom stereocenters. The zero-order valence-electron chi connectivity index (χ0n) is 21.5. The number of fused-ring (bicyclic) bond motifs is 1. The molecule has 4 fully saturated rings. The SMILES string of the molecule is CC1(C)[C@@H]2[C@@H](C(=O)N[C@@H](C[C@@H]3CCNC3=O)C(=O)C(=O)NC3CC3)N(C(=O)COc3ccc(F)cc3)C[C@@H]21. The largest absolute Gasteiger partial charge is 0.484 e. The van der Waals surface area contributed by atoms with Gasteiger partial charge < -0.3 is 25.6 Å². The highest BCUT2D eigenvalue weighted by atomic mass is 19.1. The van der Waals surface area contributed by atoms with Crippen molar-refractivity contribution in [2.24, 2.45) is 23.2 Å². The zero-order valence-corrected chi connectivity index (χ0v) is 21.5. The summed E-state index contributed by atoms with van der Waals surface area (Å²) in [6.07, 6.45) is 2.13. The highest BCUT2D eigenvalue weighted by Gasteiger charge is 2.69.